The normalized spacial score (nSPS) is 15.1. The molecule has 3 aliphatic carbocycles. The van der Waals surface area contributed by atoms with Crippen molar-refractivity contribution in [2.75, 3.05) is 9.80 Å². The highest BCUT2D eigenvalue weighted by Crippen LogP contribution is 2.53. The Kier molecular flexibility index (Phi) is 9.02. The van der Waals surface area contributed by atoms with Crippen LogP contribution in [0.3, 0.4) is 0 Å². The van der Waals surface area contributed by atoms with Crippen LogP contribution < -0.4 is 9.80 Å². The summed E-state index contributed by atoms with van der Waals surface area (Å²) < 4.78 is 0. The van der Waals surface area contributed by atoms with Crippen LogP contribution in [0.5, 0.6) is 0 Å². The van der Waals surface area contributed by atoms with Crippen molar-refractivity contribution in [2.24, 2.45) is 0 Å². The number of hydrogen-bond acceptors (Lipinski definition) is 2. The molecule has 0 fully saturated rings. The SMILES string of the molecule is CC1(C)C2=C(C=CCC2)c2ccc(N(c3ccccc3)c3ccc(-c4cccc(-c5ccc(N(c6ccccc6)c6ccc7c(c6)C(C)(C)c6ccccc6-7)cc5)c4)cc3)cc21. The van der Waals surface area contributed by atoms with E-state index in [1.54, 1.807) is 5.57 Å². The Morgan fingerprint density at radius 2 is 0.823 bits per heavy atom. The standard InChI is InChI=1S/C60H50N2/c1-59(2)55-24-13-11-22-51(55)53-36-34-49(39-57(53)59)61(45-18-7-5-8-19-45)47-30-26-41(27-31-47)43-16-15-17-44(38-43)42-28-32-48(33-29-42)62(46-20-9-6-10-21-46)50-35-37-54-52-23-12-14-25-56(52)60(3,4)58(54)40-50/h5-13,15-24,26-40H,14,25H2,1-4H3. The Morgan fingerprint density at radius 3 is 1.40 bits per heavy atom. The Bertz CT molecular complexity index is 3040. The number of para-hydroxylation sites is 2. The van der Waals surface area contributed by atoms with Crippen LogP contribution in [0.2, 0.25) is 0 Å². The zero-order valence-corrected chi connectivity index (χ0v) is 35.9. The first-order valence-corrected chi connectivity index (χ1v) is 22.1. The van der Waals surface area contributed by atoms with Crippen molar-refractivity contribution in [2.45, 2.75) is 51.4 Å². The van der Waals surface area contributed by atoms with Crippen LogP contribution >= 0.6 is 0 Å². The third-order valence-electron chi connectivity index (χ3n) is 13.8. The van der Waals surface area contributed by atoms with Crippen LogP contribution in [-0.2, 0) is 10.8 Å². The fourth-order valence-corrected chi connectivity index (χ4v) is 10.5. The zero-order valence-electron chi connectivity index (χ0n) is 35.9. The lowest BCUT2D eigenvalue weighted by atomic mass is 9.78. The molecule has 8 aromatic rings. The number of hydrogen-bond donors (Lipinski definition) is 0. The first kappa shape index (κ1) is 37.8. The largest absolute Gasteiger partial charge is 0.310 e. The molecule has 0 unspecified atom stereocenters. The van der Waals surface area contributed by atoms with Crippen molar-refractivity contribution in [3.05, 3.63) is 234 Å². The van der Waals surface area contributed by atoms with E-state index in [9.17, 15) is 0 Å². The first-order chi connectivity index (χ1) is 30.3. The van der Waals surface area contributed by atoms with Crippen LogP contribution in [0.1, 0.15) is 62.8 Å². The molecule has 300 valence electrons. The van der Waals surface area contributed by atoms with Crippen LogP contribution in [0, 0.1) is 0 Å². The first-order valence-electron chi connectivity index (χ1n) is 22.1. The van der Waals surface area contributed by atoms with Crippen LogP contribution in [0.4, 0.5) is 34.1 Å². The van der Waals surface area contributed by atoms with Gasteiger partial charge in [0.15, 0.2) is 0 Å². The molecular weight excluding hydrogens is 749 g/mol. The van der Waals surface area contributed by atoms with Crippen LogP contribution in [0.25, 0.3) is 39.0 Å². The van der Waals surface area contributed by atoms with Gasteiger partial charge in [-0.05, 0) is 153 Å². The molecule has 0 saturated carbocycles. The molecule has 0 atom stereocenters. The Hall–Kier alpha value is -7.16. The number of nitrogens with zero attached hydrogens (tertiary/aromatic N) is 2. The Balaban J connectivity index is 0.892. The third-order valence-corrected chi connectivity index (χ3v) is 13.8. The van der Waals surface area contributed by atoms with Crippen molar-refractivity contribution in [1.82, 2.24) is 0 Å². The van der Waals surface area contributed by atoms with Gasteiger partial charge in [-0.2, -0.15) is 0 Å². The summed E-state index contributed by atoms with van der Waals surface area (Å²) in [4.78, 5) is 4.78. The predicted molar refractivity (Wildman–Crippen MR) is 263 cm³/mol. The minimum absolute atomic E-state index is 0.0113. The third kappa shape index (κ3) is 6.24. The topological polar surface area (TPSA) is 6.48 Å². The highest BCUT2D eigenvalue weighted by molar-refractivity contribution is 5.90. The van der Waals surface area contributed by atoms with Crippen LogP contribution in [0.15, 0.2) is 212 Å². The van der Waals surface area contributed by atoms with Gasteiger partial charge in [-0.3, -0.25) is 0 Å². The van der Waals surface area contributed by atoms with Crippen molar-refractivity contribution in [3.8, 4) is 33.4 Å². The van der Waals surface area contributed by atoms with Gasteiger partial charge >= 0.3 is 0 Å². The molecule has 2 heteroatoms. The Morgan fingerprint density at radius 1 is 0.355 bits per heavy atom. The Labute approximate surface area is 366 Å². The van der Waals surface area contributed by atoms with Crippen molar-refractivity contribution >= 4 is 39.7 Å². The maximum Gasteiger partial charge on any atom is 0.0465 e. The molecule has 11 rings (SSSR count). The smallest absolute Gasteiger partial charge is 0.0465 e. The van der Waals surface area contributed by atoms with E-state index >= 15 is 0 Å². The van der Waals surface area contributed by atoms with Gasteiger partial charge < -0.3 is 9.80 Å². The molecule has 0 N–H and O–H groups in total. The lowest BCUT2D eigenvalue weighted by molar-refractivity contribution is 0.607. The van der Waals surface area contributed by atoms with Gasteiger partial charge in [-0.15, -0.1) is 0 Å². The fourth-order valence-electron chi connectivity index (χ4n) is 10.5. The van der Waals surface area contributed by atoms with Crippen molar-refractivity contribution in [3.63, 3.8) is 0 Å². The van der Waals surface area contributed by atoms with Crippen molar-refractivity contribution < 1.29 is 0 Å². The molecule has 0 saturated heterocycles. The van der Waals surface area contributed by atoms with E-state index in [1.165, 1.54) is 66.9 Å². The maximum absolute atomic E-state index is 2.43. The van der Waals surface area contributed by atoms with Gasteiger partial charge in [-0.1, -0.05) is 161 Å². The van der Waals surface area contributed by atoms with Gasteiger partial charge in [0.05, 0.1) is 0 Å². The average molecular weight is 799 g/mol. The monoisotopic (exact) mass is 798 g/mol. The molecule has 2 nitrogen and oxygen atoms in total. The van der Waals surface area contributed by atoms with Gasteiger partial charge in [0.1, 0.15) is 0 Å². The lowest BCUT2D eigenvalue weighted by Crippen LogP contribution is -2.18. The molecule has 0 aliphatic heterocycles. The second-order valence-electron chi connectivity index (χ2n) is 18.1. The minimum Gasteiger partial charge on any atom is -0.310 e. The lowest BCUT2D eigenvalue weighted by Gasteiger charge is -2.29. The molecule has 0 radical (unpaired) electrons. The summed E-state index contributed by atoms with van der Waals surface area (Å²) in [6.07, 6.45) is 6.94. The number of fused-ring (bicyclic) bond motifs is 5. The summed E-state index contributed by atoms with van der Waals surface area (Å²) >= 11 is 0. The van der Waals surface area contributed by atoms with Gasteiger partial charge in [0.25, 0.3) is 0 Å². The molecule has 3 aliphatic rings. The summed E-state index contributed by atoms with van der Waals surface area (Å²) in [7, 11) is 0. The van der Waals surface area contributed by atoms with E-state index in [4.69, 9.17) is 0 Å². The van der Waals surface area contributed by atoms with E-state index in [0.717, 1.165) is 41.3 Å². The predicted octanol–water partition coefficient (Wildman–Crippen LogP) is 16.7. The summed E-state index contributed by atoms with van der Waals surface area (Å²) in [5, 5.41) is 0. The molecule has 0 amide bonds. The summed E-state index contributed by atoms with van der Waals surface area (Å²) in [6, 6.07) is 71.5. The van der Waals surface area contributed by atoms with Crippen LogP contribution in [-0.4, -0.2) is 0 Å². The summed E-state index contributed by atoms with van der Waals surface area (Å²) in [5.41, 5.74) is 22.8. The zero-order chi connectivity index (χ0) is 42.0. The van der Waals surface area contributed by atoms with Gasteiger partial charge in [-0.25, -0.2) is 0 Å². The van der Waals surface area contributed by atoms with Gasteiger partial charge in [0, 0.05) is 45.0 Å². The quantitative estimate of drug-likeness (QED) is 0.151. The molecule has 8 aromatic carbocycles. The number of benzene rings is 8. The molecule has 62 heavy (non-hydrogen) atoms. The number of allylic oxidation sites excluding steroid dienone is 4. The average Bonchev–Trinajstić information content (AvgIpc) is 3.69. The van der Waals surface area contributed by atoms with Crippen molar-refractivity contribution in [1.29, 1.82) is 0 Å². The van der Waals surface area contributed by atoms with E-state index in [0.29, 0.717) is 0 Å². The molecular formula is C60H50N2. The van der Waals surface area contributed by atoms with E-state index in [1.807, 2.05) is 0 Å². The molecule has 0 aromatic heterocycles. The summed E-state index contributed by atoms with van der Waals surface area (Å²) in [6.45, 7) is 9.49. The van der Waals surface area contributed by atoms with E-state index < -0.39 is 0 Å². The van der Waals surface area contributed by atoms with E-state index in [-0.39, 0.29) is 10.8 Å². The van der Waals surface area contributed by atoms with Gasteiger partial charge in [0.2, 0.25) is 0 Å². The maximum atomic E-state index is 2.43. The second-order valence-corrected chi connectivity index (χ2v) is 18.1. The second kappa shape index (κ2) is 14.8. The number of anilines is 6. The minimum atomic E-state index is -0.0737. The highest BCUT2D eigenvalue weighted by atomic mass is 15.1. The summed E-state index contributed by atoms with van der Waals surface area (Å²) in [5.74, 6) is 0. The molecule has 0 heterocycles. The fraction of sp³-hybridized carbons (Fsp3) is 0.133. The molecule has 0 bridgehead atoms. The molecule has 0 spiro atoms. The number of rotatable bonds is 8. The van der Waals surface area contributed by atoms with E-state index in [2.05, 4.69) is 244 Å². The highest BCUT2D eigenvalue weighted by Gasteiger charge is 2.38.